The van der Waals surface area contributed by atoms with E-state index in [0.717, 1.165) is 32.6 Å². The summed E-state index contributed by atoms with van der Waals surface area (Å²) < 4.78 is 0. The molecule has 0 saturated carbocycles. The minimum absolute atomic E-state index is 0.301. The van der Waals surface area contributed by atoms with E-state index in [1.54, 1.807) is 5.48 Å². The number of hydroxylamine groups is 1. The molecule has 0 bridgehead atoms. The molecular formula is C19H38N4O2. The second-order valence-corrected chi connectivity index (χ2v) is 6.90. The van der Waals surface area contributed by atoms with Crippen LogP contribution in [0.15, 0.2) is 4.99 Å². The van der Waals surface area contributed by atoms with Crippen molar-refractivity contribution in [2.24, 2.45) is 4.99 Å². The minimum atomic E-state index is -0.346. The number of amides is 1. The zero-order valence-corrected chi connectivity index (χ0v) is 16.1. The second-order valence-electron chi connectivity index (χ2n) is 6.90. The van der Waals surface area contributed by atoms with E-state index in [9.17, 15) is 4.79 Å². The summed E-state index contributed by atoms with van der Waals surface area (Å²) in [5.41, 5.74) is 1.65. The third kappa shape index (κ3) is 11.2. The number of nitrogens with one attached hydrogen (secondary N) is 2. The molecule has 0 saturated heterocycles. The highest BCUT2D eigenvalue weighted by atomic mass is 16.5. The van der Waals surface area contributed by atoms with Gasteiger partial charge in [-0.15, -0.1) is 0 Å². The van der Waals surface area contributed by atoms with Crippen molar-refractivity contribution in [1.82, 2.24) is 15.7 Å². The van der Waals surface area contributed by atoms with Gasteiger partial charge in [0.25, 0.3) is 0 Å². The summed E-state index contributed by atoms with van der Waals surface area (Å²) in [6.07, 6.45) is 13.6. The molecule has 0 unspecified atom stereocenters. The smallest absolute Gasteiger partial charge is 0.244 e. The lowest BCUT2D eigenvalue weighted by Gasteiger charge is -2.20. The van der Waals surface area contributed by atoms with Gasteiger partial charge >= 0.3 is 0 Å². The van der Waals surface area contributed by atoms with E-state index in [-0.39, 0.29) is 5.91 Å². The Hall–Kier alpha value is -1.14. The highest BCUT2D eigenvalue weighted by molar-refractivity contribution is 5.83. The van der Waals surface area contributed by atoms with Crippen molar-refractivity contribution >= 4 is 11.7 Å². The molecule has 1 aliphatic heterocycles. The monoisotopic (exact) mass is 354 g/mol. The molecule has 1 aliphatic rings. The fourth-order valence-electron chi connectivity index (χ4n) is 3.20. The molecule has 3 N–H and O–H groups in total. The summed E-state index contributed by atoms with van der Waals surface area (Å²) in [6.45, 7) is 6.57. The van der Waals surface area contributed by atoms with Crippen molar-refractivity contribution in [2.45, 2.75) is 77.6 Å². The Morgan fingerprint density at radius 3 is 2.44 bits per heavy atom. The van der Waals surface area contributed by atoms with Crippen molar-refractivity contribution in [3.63, 3.8) is 0 Å². The quantitative estimate of drug-likeness (QED) is 0.226. The molecule has 1 heterocycles. The lowest BCUT2D eigenvalue weighted by molar-refractivity contribution is -0.129. The molecule has 146 valence electrons. The predicted octanol–water partition coefficient (Wildman–Crippen LogP) is 3.11. The zero-order valence-electron chi connectivity index (χ0n) is 16.1. The maximum absolute atomic E-state index is 10.9. The molecule has 25 heavy (non-hydrogen) atoms. The van der Waals surface area contributed by atoms with Gasteiger partial charge in [0.15, 0.2) is 0 Å². The maximum Gasteiger partial charge on any atom is 0.244 e. The van der Waals surface area contributed by atoms with Crippen LogP contribution in [-0.4, -0.2) is 54.6 Å². The van der Waals surface area contributed by atoms with E-state index in [0.29, 0.717) is 13.0 Å². The number of rotatable bonds is 16. The molecular weight excluding hydrogens is 316 g/mol. The molecule has 0 aliphatic carbocycles. The van der Waals surface area contributed by atoms with Crippen molar-refractivity contribution in [3.8, 4) is 0 Å². The molecule has 0 aromatic heterocycles. The number of hydrogen-bond acceptors (Lipinski definition) is 5. The summed E-state index contributed by atoms with van der Waals surface area (Å²) in [6, 6.07) is 0. The first kappa shape index (κ1) is 21.9. The normalized spacial score (nSPS) is 14.0. The van der Waals surface area contributed by atoms with Gasteiger partial charge < -0.3 is 10.2 Å². The Morgan fingerprint density at radius 1 is 1.08 bits per heavy atom. The van der Waals surface area contributed by atoms with Crippen molar-refractivity contribution in [1.29, 1.82) is 0 Å². The van der Waals surface area contributed by atoms with Gasteiger partial charge in [-0.05, 0) is 6.42 Å². The molecule has 0 radical (unpaired) electrons. The number of amidine groups is 1. The number of hydrogen-bond donors (Lipinski definition) is 3. The Labute approximate surface area is 153 Å². The van der Waals surface area contributed by atoms with Gasteiger partial charge in [0.1, 0.15) is 0 Å². The Bertz CT molecular complexity index is 374. The number of carbonyl (C=O) groups is 1. The van der Waals surface area contributed by atoms with Gasteiger partial charge in [-0.2, -0.15) is 0 Å². The SMILES string of the molecule is CCCCCCCCCCCC1=NCCN1CCNCCC(=O)NO. The van der Waals surface area contributed by atoms with Crippen molar-refractivity contribution in [2.75, 3.05) is 32.7 Å². The number of unbranched alkanes of at least 4 members (excludes halogenated alkanes) is 8. The Morgan fingerprint density at radius 2 is 1.76 bits per heavy atom. The standard InChI is InChI=1S/C19H38N4O2/c1-2-3-4-5-6-7-8-9-10-11-18-21-15-17-23(18)16-14-20-13-12-19(24)22-25/h20,25H,2-17H2,1H3,(H,22,24). The Balaban J connectivity index is 1.97. The molecule has 0 aromatic rings. The fourth-order valence-corrected chi connectivity index (χ4v) is 3.20. The second kappa shape index (κ2) is 15.1. The van der Waals surface area contributed by atoms with Gasteiger partial charge in [0.05, 0.1) is 12.4 Å². The van der Waals surface area contributed by atoms with Crippen LogP contribution < -0.4 is 10.8 Å². The third-order valence-electron chi connectivity index (χ3n) is 4.75. The summed E-state index contributed by atoms with van der Waals surface area (Å²) in [5, 5.41) is 11.7. The summed E-state index contributed by atoms with van der Waals surface area (Å²) >= 11 is 0. The van der Waals surface area contributed by atoms with Crippen LogP contribution in [0.4, 0.5) is 0 Å². The highest BCUT2D eigenvalue weighted by Gasteiger charge is 2.15. The lowest BCUT2D eigenvalue weighted by atomic mass is 10.1. The van der Waals surface area contributed by atoms with Gasteiger partial charge in [-0.25, -0.2) is 5.48 Å². The van der Waals surface area contributed by atoms with Crippen LogP contribution in [-0.2, 0) is 4.79 Å². The molecule has 0 spiro atoms. The number of carbonyl (C=O) groups excluding carboxylic acids is 1. The van der Waals surface area contributed by atoms with Gasteiger partial charge in [-0.1, -0.05) is 58.3 Å². The molecule has 6 nitrogen and oxygen atoms in total. The van der Waals surface area contributed by atoms with E-state index in [4.69, 9.17) is 5.21 Å². The fraction of sp³-hybridized carbons (Fsp3) is 0.895. The summed E-state index contributed by atoms with van der Waals surface area (Å²) in [5.74, 6) is 0.916. The van der Waals surface area contributed by atoms with Gasteiger partial charge in [0, 0.05) is 39.0 Å². The first-order chi connectivity index (χ1) is 12.3. The molecule has 6 heteroatoms. The third-order valence-corrected chi connectivity index (χ3v) is 4.75. The molecule has 1 amide bonds. The van der Waals surface area contributed by atoms with E-state index >= 15 is 0 Å². The van der Waals surface area contributed by atoms with Gasteiger partial charge in [-0.3, -0.25) is 15.0 Å². The van der Waals surface area contributed by atoms with Crippen LogP contribution in [0.1, 0.15) is 77.6 Å². The molecule has 0 fully saturated rings. The van der Waals surface area contributed by atoms with Crippen LogP contribution in [0.2, 0.25) is 0 Å². The zero-order chi connectivity index (χ0) is 18.2. The maximum atomic E-state index is 10.9. The average molecular weight is 355 g/mol. The lowest BCUT2D eigenvalue weighted by Crippen LogP contribution is -2.35. The van der Waals surface area contributed by atoms with E-state index in [1.807, 2.05) is 0 Å². The van der Waals surface area contributed by atoms with E-state index in [2.05, 4.69) is 22.1 Å². The Kier molecular flexibility index (Phi) is 13.3. The minimum Gasteiger partial charge on any atom is -0.357 e. The van der Waals surface area contributed by atoms with Crippen LogP contribution in [0.25, 0.3) is 0 Å². The van der Waals surface area contributed by atoms with Crippen LogP contribution >= 0.6 is 0 Å². The number of aliphatic imine (C=N–C) groups is 1. The van der Waals surface area contributed by atoms with Crippen molar-refractivity contribution < 1.29 is 10.0 Å². The van der Waals surface area contributed by atoms with E-state index < -0.39 is 0 Å². The summed E-state index contributed by atoms with van der Waals surface area (Å²) in [7, 11) is 0. The average Bonchev–Trinajstić information content (AvgIpc) is 3.07. The molecule has 0 atom stereocenters. The van der Waals surface area contributed by atoms with Crippen LogP contribution in [0.3, 0.4) is 0 Å². The number of nitrogens with zero attached hydrogens (tertiary/aromatic N) is 2. The van der Waals surface area contributed by atoms with Crippen LogP contribution in [0, 0.1) is 0 Å². The first-order valence-corrected chi connectivity index (χ1v) is 10.2. The van der Waals surface area contributed by atoms with Gasteiger partial charge in [0.2, 0.25) is 5.91 Å². The first-order valence-electron chi connectivity index (χ1n) is 10.2. The molecule has 0 aromatic carbocycles. The largest absolute Gasteiger partial charge is 0.357 e. The molecule has 1 rings (SSSR count). The predicted molar refractivity (Wildman–Crippen MR) is 103 cm³/mol. The van der Waals surface area contributed by atoms with E-state index in [1.165, 1.54) is 63.6 Å². The topological polar surface area (TPSA) is 77.0 Å². The highest BCUT2D eigenvalue weighted by Crippen LogP contribution is 2.13. The van der Waals surface area contributed by atoms with Crippen molar-refractivity contribution in [3.05, 3.63) is 0 Å². The summed E-state index contributed by atoms with van der Waals surface area (Å²) in [4.78, 5) is 17.9. The van der Waals surface area contributed by atoms with Crippen LogP contribution in [0.5, 0.6) is 0 Å².